The van der Waals surface area contributed by atoms with Crippen LogP contribution in [0.1, 0.15) is 35.4 Å². The van der Waals surface area contributed by atoms with Gasteiger partial charge in [-0.2, -0.15) is 5.01 Å². The number of imide groups is 2. The average Bonchev–Trinajstić information content (AvgIpc) is 3.54. The Kier molecular flexibility index (Phi) is 7.00. The molecule has 6 unspecified atom stereocenters. The van der Waals surface area contributed by atoms with Gasteiger partial charge in [0.15, 0.2) is 0 Å². The number of carbonyl (C=O) groups is 4. The molecular weight excluding hydrogens is 638 g/mol. The minimum atomic E-state index is -1.46. The number of nitrogens with zero attached hydrogens (tertiary/aromatic N) is 2. The van der Waals surface area contributed by atoms with Crippen LogP contribution < -0.4 is 10.3 Å². The number of aromatic hydroxyl groups is 1. The van der Waals surface area contributed by atoms with Crippen LogP contribution in [-0.4, -0.2) is 33.7 Å². The second-order valence-electron chi connectivity index (χ2n) is 14.2. The van der Waals surface area contributed by atoms with Crippen LogP contribution in [0.15, 0.2) is 133 Å². The number of hydrazine groups is 1. The van der Waals surface area contributed by atoms with Gasteiger partial charge in [0.05, 0.1) is 34.5 Å². The molecule has 4 amide bonds. The van der Waals surface area contributed by atoms with E-state index in [-0.39, 0.29) is 24.0 Å². The Morgan fingerprint density at radius 1 is 0.725 bits per heavy atom. The molecule has 5 aromatic rings. The number of hydrogen-bond acceptors (Lipinski definition) is 6. The number of carbonyl (C=O) groups excluding carboxylic acids is 4. The number of hydrogen-bond donors (Lipinski definition) is 2. The predicted octanol–water partition coefficient (Wildman–Crippen LogP) is 7.04. The monoisotopic (exact) mass is 673 g/mol. The van der Waals surface area contributed by atoms with Crippen molar-refractivity contribution < 1.29 is 24.3 Å². The zero-order valence-corrected chi connectivity index (χ0v) is 27.9. The standard InChI is InChI=1S/C43H35N3O5/c1-25-16-19-28(20-17-25)44-46-40(49)35-24-34-31(22-23-32-36(34)41(50)45(39(32)48)29-13-6-3-7-14-29)37(43(35,42(46)51)27-11-4-2-5-12-27)33-21-18-26-10-8-9-15-30(26)38(33)47/h2-22,32,34-37,44,47H,23-24H2,1H3. The lowest BCUT2D eigenvalue weighted by Gasteiger charge is -2.50. The van der Waals surface area contributed by atoms with E-state index in [4.69, 9.17) is 0 Å². The topological polar surface area (TPSA) is 107 Å². The molecule has 0 aromatic heterocycles. The van der Waals surface area contributed by atoms with Crippen molar-refractivity contribution in [1.29, 1.82) is 0 Å². The third kappa shape index (κ3) is 4.38. The van der Waals surface area contributed by atoms with E-state index < -0.39 is 46.8 Å². The number of anilines is 2. The number of phenols is 1. The Labute approximate surface area is 295 Å². The minimum Gasteiger partial charge on any atom is -0.507 e. The molecule has 0 bridgehead atoms. The molecule has 3 fully saturated rings. The predicted molar refractivity (Wildman–Crippen MR) is 193 cm³/mol. The Hall–Kier alpha value is -6.02. The quantitative estimate of drug-likeness (QED) is 0.153. The van der Waals surface area contributed by atoms with E-state index >= 15 is 4.79 Å². The van der Waals surface area contributed by atoms with Gasteiger partial charge < -0.3 is 5.11 Å². The van der Waals surface area contributed by atoms with E-state index in [0.717, 1.165) is 21.5 Å². The van der Waals surface area contributed by atoms with Crippen molar-refractivity contribution in [3.8, 4) is 5.75 Å². The van der Waals surface area contributed by atoms with Gasteiger partial charge in [-0.1, -0.05) is 114 Å². The first-order chi connectivity index (χ1) is 24.8. The number of rotatable bonds is 5. The van der Waals surface area contributed by atoms with E-state index in [1.807, 2.05) is 110 Å². The van der Waals surface area contributed by atoms with E-state index in [1.165, 1.54) is 4.90 Å². The van der Waals surface area contributed by atoms with Gasteiger partial charge in [0.1, 0.15) is 5.75 Å². The van der Waals surface area contributed by atoms with Gasteiger partial charge in [-0.05, 0) is 60.9 Å². The molecule has 2 heterocycles. The molecule has 4 aliphatic rings. The Balaban J connectivity index is 1.27. The number of aryl methyl sites for hydroxylation is 1. The second kappa shape index (κ2) is 11.5. The Morgan fingerprint density at radius 3 is 2.16 bits per heavy atom. The van der Waals surface area contributed by atoms with Crippen molar-refractivity contribution in [3.05, 3.63) is 150 Å². The average molecular weight is 674 g/mol. The van der Waals surface area contributed by atoms with Crippen LogP contribution in [0.2, 0.25) is 0 Å². The summed E-state index contributed by atoms with van der Waals surface area (Å²) in [6.45, 7) is 1.96. The number of nitrogens with one attached hydrogen (secondary N) is 1. The maximum atomic E-state index is 15.4. The van der Waals surface area contributed by atoms with Gasteiger partial charge in [-0.25, -0.2) is 0 Å². The van der Waals surface area contributed by atoms with Crippen LogP contribution in [0.25, 0.3) is 10.8 Å². The number of benzene rings is 5. The number of para-hydroxylation sites is 1. The highest BCUT2D eigenvalue weighted by atomic mass is 16.3. The summed E-state index contributed by atoms with van der Waals surface area (Å²) < 4.78 is 0. The number of amides is 4. The van der Waals surface area contributed by atoms with Gasteiger partial charge in [0.2, 0.25) is 11.8 Å². The normalized spacial score (nSPS) is 26.9. The van der Waals surface area contributed by atoms with Crippen LogP contribution >= 0.6 is 0 Å². The molecule has 8 heteroatoms. The molecule has 2 aliphatic heterocycles. The first-order valence-electron chi connectivity index (χ1n) is 17.4. The molecule has 8 nitrogen and oxygen atoms in total. The largest absolute Gasteiger partial charge is 0.507 e. The maximum absolute atomic E-state index is 15.4. The fourth-order valence-corrected chi connectivity index (χ4v) is 9.43. The molecule has 2 aliphatic carbocycles. The highest BCUT2D eigenvalue weighted by Gasteiger charge is 2.70. The molecule has 5 aromatic carbocycles. The summed E-state index contributed by atoms with van der Waals surface area (Å²) in [5, 5.41) is 14.7. The summed E-state index contributed by atoms with van der Waals surface area (Å²) in [7, 11) is 0. The molecule has 9 rings (SSSR count). The molecule has 1 saturated carbocycles. The lowest BCUT2D eigenvalue weighted by atomic mass is 9.49. The number of allylic oxidation sites excluding steroid dienone is 2. The Morgan fingerprint density at radius 2 is 1.41 bits per heavy atom. The molecule has 2 N–H and O–H groups in total. The first-order valence-corrected chi connectivity index (χ1v) is 17.4. The molecule has 252 valence electrons. The second-order valence-corrected chi connectivity index (χ2v) is 14.2. The third-order valence-electron chi connectivity index (χ3n) is 11.7. The SMILES string of the molecule is Cc1ccc(NN2C(=O)C3CC4C(=CCC5C(=O)N(c6ccccc6)C(=O)C54)C(c4ccc5ccccc5c4O)C3(c3ccccc3)C2=O)cc1. The van der Waals surface area contributed by atoms with Crippen molar-refractivity contribution in [2.24, 2.45) is 23.7 Å². The van der Waals surface area contributed by atoms with Crippen molar-refractivity contribution >= 4 is 45.8 Å². The molecule has 6 atom stereocenters. The van der Waals surface area contributed by atoms with Gasteiger partial charge in [-0.3, -0.25) is 29.5 Å². The zero-order chi connectivity index (χ0) is 35.0. The van der Waals surface area contributed by atoms with E-state index in [1.54, 1.807) is 24.3 Å². The van der Waals surface area contributed by atoms with Crippen molar-refractivity contribution in [2.45, 2.75) is 31.1 Å². The van der Waals surface area contributed by atoms with Crippen LogP contribution in [0.3, 0.4) is 0 Å². The highest BCUT2D eigenvalue weighted by Crippen LogP contribution is 2.65. The highest BCUT2D eigenvalue weighted by molar-refractivity contribution is 6.22. The van der Waals surface area contributed by atoms with Crippen LogP contribution in [0.5, 0.6) is 5.75 Å². The molecular formula is C43H35N3O5. The number of fused-ring (bicyclic) bond motifs is 5. The molecule has 0 radical (unpaired) electrons. The van der Waals surface area contributed by atoms with Crippen molar-refractivity contribution in [1.82, 2.24) is 5.01 Å². The smallest absolute Gasteiger partial charge is 0.260 e. The van der Waals surface area contributed by atoms with E-state index in [0.29, 0.717) is 34.3 Å². The zero-order valence-electron chi connectivity index (χ0n) is 27.9. The molecule has 2 saturated heterocycles. The van der Waals surface area contributed by atoms with Gasteiger partial charge in [0, 0.05) is 16.9 Å². The van der Waals surface area contributed by atoms with Crippen LogP contribution in [0, 0.1) is 30.6 Å². The molecule has 51 heavy (non-hydrogen) atoms. The van der Waals surface area contributed by atoms with Crippen molar-refractivity contribution in [3.63, 3.8) is 0 Å². The summed E-state index contributed by atoms with van der Waals surface area (Å²) in [6.07, 6.45) is 2.50. The fourth-order valence-electron chi connectivity index (χ4n) is 9.43. The summed E-state index contributed by atoms with van der Waals surface area (Å²) in [6, 6.07) is 37.1. The maximum Gasteiger partial charge on any atom is 0.260 e. The van der Waals surface area contributed by atoms with Crippen molar-refractivity contribution in [2.75, 3.05) is 10.3 Å². The third-order valence-corrected chi connectivity index (χ3v) is 11.7. The lowest BCUT2D eigenvalue weighted by Crippen LogP contribution is -2.53. The summed E-state index contributed by atoms with van der Waals surface area (Å²) in [5.74, 6) is -4.94. The summed E-state index contributed by atoms with van der Waals surface area (Å²) in [5.41, 5.74) is 5.76. The first kappa shape index (κ1) is 31.0. The Bertz CT molecular complexity index is 2290. The van der Waals surface area contributed by atoms with E-state index in [2.05, 4.69) is 5.43 Å². The number of phenolic OH excluding ortho intramolecular Hbond substituents is 1. The molecule has 0 spiro atoms. The van der Waals surface area contributed by atoms with Gasteiger partial charge >= 0.3 is 0 Å². The van der Waals surface area contributed by atoms with Gasteiger partial charge in [-0.15, -0.1) is 0 Å². The lowest BCUT2D eigenvalue weighted by molar-refractivity contribution is -0.138. The van der Waals surface area contributed by atoms with Gasteiger partial charge in [0.25, 0.3) is 11.8 Å². The van der Waals surface area contributed by atoms with Crippen LogP contribution in [-0.2, 0) is 24.6 Å². The van der Waals surface area contributed by atoms with E-state index in [9.17, 15) is 19.5 Å². The van der Waals surface area contributed by atoms with Crippen LogP contribution in [0.4, 0.5) is 11.4 Å². The minimum absolute atomic E-state index is 0.0285. The summed E-state index contributed by atoms with van der Waals surface area (Å²) in [4.78, 5) is 60.0. The fraction of sp³-hybridized carbons (Fsp3) is 0.209. The summed E-state index contributed by atoms with van der Waals surface area (Å²) >= 11 is 0.